The number of nitrogens with two attached hydrogens (primary N) is 1. The predicted molar refractivity (Wildman–Crippen MR) is 59.3 cm³/mol. The van der Waals surface area contributed by atoms with Gasteiger partial charge in [0.1, 0.15) is 18.2 Å². The summed E-state index contributed by atoms with van der Waals surface area (Å²) in [6.45, 7) is 4.43. The van der Waals surface area contributed by atoms with Crippen molar-refractivity contribution in [2.45, 2.75) is 26.5 Å². The van der Waals surface area contributed by atoms with Crippen LogP contribution in [0.1, 0.15) is 19.7 Å². The molecule has 0 aromatic carbocycles. The molecule has 0 fully saturated rings. The van der Waals surface area contributed by atoms with Crippen LogP contribution in [0.15, 0.2) is 6.07 Å². The molecule has 4 N–H and O–H groups in total. The smallest absolute Gasteiger partial charge is 0.158 e. The Labute approximate surface area is 89.2 Å². The Hall–Kier alpha value is -1.40. The standard InChI is InChI=1S/C9H17N5O/c1-6(2)11-7-4-8(14-10)13-9(12-7)5-15-3/h4,6H,5,10H2,1-3H3,(H2,11,12,13,14). The van der Waals surface area contributed by atoms with Crippen molar-refractivity contribution < 1.29 is 4.74 Å². The second-order valence-electron chi connectivity index (χ2n) is 3.43. The number of anilines is 2. The van der Waals surface area contributed by atoms with Crippen LogP contribution in [-0.4, -0.2) is 23.1 Å². The minimum absolute atomic E-state index is 0.306. The van der Waals surface area contributed by atoms with Crippen molar-refractivity contribution in [1.82, 2.24) is 9.97 Å². The SMILES string of the molecule is COCc1nc(NN)cc(NC(C)C)n1. The summed E-state index contributed by atoms with van der Waals surface area (Å²) in [5.41, 5.74) is 2.49. The Balaban J connectivity index is 2.89. The molecular formula is C9H17N5O. The molecule has 1 heterocycles. The van der Waals surface area contributed by atoms with Gasteiger partial charge in [-0.1, -0.05) is 0 Å². The first-order valence-corrected chi connectivity index (χ1v) is 4.75. The lowest BCUT2D eigenvalue weighted by Gasteiger charge is -2.11. The number of methoxy groups -OCH3 is 1. The van der Waals surface area contributed by atoms with E-state index in [1.807, 2.05) is 13.8 Å². The van der Waals surface area contributed by atoms with Crippen LogP contribution in [0.4, 0.5) is 11.6 Å². The third-order valence-electron chi connectivity index (χ3n) is 1.63. The molecule has 0 spiro atoms. The Morgan fingerprint density at radius 2 is 2.07 bits per heavy atom. The summed E-state index contributed by atoms with van der Waals surface area (Å²) >= 11 is 0. The van der Waals surface area contributed by atoms with Gasteiger partial charge >= 0.3 is 0 Å². The number of hydrogen-bond donors (Lipinski definition) is 3. The van der Waals surface area contributed by atoms with E-state index in [9.17, 15) is 0 Å². The van der Waals surface area contributed by atoms with Crippen molar-refractivity contribution >= 4 is 11.6 Å². The molecule has 6 nitrogen and oxygen atoms in total. The lowest BCUT2D eigenvalue weighted by atomic mass is 10.4. The summed E-state index contributed by atoms with van der Waals surface area (Å²) < 4.78 is 4.97. The first-order valence-electron chi connectivity index (χ1n) is 4.75. The summed E-state index contributed by atoms with van der Waals surface area (Å²) in [6, 6.07) is 2.06. The van der Waals surface area contributed by atoms with Crippen LogP contribution < -0.4 is 16.6 Å². The van der Waals surface area contributed by atoms with E-state index in [0.29, 0.717) is 24.3 Å². The van der Waals surface area contributed by atoms with Gasteiger partial charge in [0.15, 0.2) is 5.82 Å². The van der Waals surface area contributed by atoms with E-state index in [2.05, 4.69) is 20.7 Å². The quantitative estimate of drug-likeness (QED) is 0.492. The third-order valence-corrected chi connectivity index (χ3v) is 1.63. The van der Waals surface area contributed by atoms with Crippen LogP contribution in [0.5, 0.6) is 0 Å². The number of hydrogen-bond acceptors (Lipinski definition) is 6. The lowest BCUT2D eigenvalue weighted by Crippen LogP contribution is -2.15. The summed E-state index contributed by atoms with van der Waals surface area (Å²) in [5.74, 6) is 7.21. The highest BCUT2D eigenvalue weighted by atomic mass is 16.5. The van der Waals surface area contributed by atoms with E-state index >= 15 is 0 Å². The number of aromatic nitrogens is 2. The van der Waals surface area contributed by atoms with Gasteiger partial charge < -0.3 is 15.5 Å². The van der Waals surface area contributed by atoms with Crippen molar-refractivity contribution in [2.24, 2.45) is 5.84 Å². The second-order valence-corrected chi connectivity index (χ2v) is 3.43. The van der Waals surface area contributed by atoms with Gasteiger partial charge in [-0.05, 0) is 13.8 Å². The molecule has 0 aliphatic carbocycles. The van der Waals surface area contributed by atoms with Gasteiger partial charge in [0.2, 0.25) is 0 Å². The molecular weight excluding hydrogens is 194 g/mol. The van der Waals surface area contributed by atoms with Crippen molar-refractivity contribution in [2.75, 3.05) is 17.9 Å². The summed E-state index contributed by atoms with van der Waals surface area (Å²) in [5, 5.41) is 3.18. The van der Waals surface area contributed by atoms with Crippen LogP contribution in [0, 0.1) is 0 Å². The van der Waals surface area contributed by atoms with Gasteiger partial charge in [-0.25, -0.2) is 15.8 Å². The third kappa shape index (κ3) is 3.69. The number of rotatable bonds is 5. The van der Waals surface area contributed by atoms with E-state index in [0.717, 1.165) is 5.82 Å². The molecule has 0 bridgehead atoms. The lowest BCUT2D eigenvalue weighted by molar-refractivity contribution is 0.178. The molecule has 0 amide bonds. The summed E-state index contributed by atoms with van der Waals surface area (Å²) in [6.07, 6.45) is 0. The van der Waals surface area contributed by atoms with Crippen molar-refractivity contribution in [1.29, 1.82) is 0 Å². The van der Waals surface area contributed by atoms with Crippen molar-refractivity contribution in [3.63, 3.8) is 0 Å². The van der Waals surface area contributed by atoms with Crippen LogP contribution in [0.3, 0.4) is 0 Å². The largest absolute Gasteiger partial charge is 0.377 e. The van der Waals surface area contributed by atoms with Crippen LogP contribution in [-0.2, 0) is 11.3 Å². The zero-order valence-electron chi connectivity index (χ0n) is 9.24. The number of ether oxygens (including phenoxy) is 1. The number of nitrogen functional groups attached to an aromatic ring is 1. The van der Waals surface area contributed by atoms with Crippen LogP contribution in [0.25, 0.3) is 0 Å². The molecule has 0 unspecified atom stereocenters. The van der Waals surface area contributed by atoms with E-state index in [1.165, 1.54) is 0 Å². The van der Waals surface area contributed by atoms with Crippen molar-refractivity contribution in [3.05, 3.63) is 11.9 Å². The fourth-order valence-corrected chi connectivity index (χ4v) is 1.13. The molecule has 0 atom stereocenters. The average molecular weight is 211 g/mol. The normalized spacial score (nSPS) is 10.5. The topological polar surface area (TPSA) is 85.1 Å². The molecule has 6 heteroatoms. The predicted octanol–water partition coefficient (Wildman–Crippen LogP) is 0.729. The first kappa shape index (κ1) is 11.7. The van der Waals surface area contributed by atoms with Gasteiger partial charge in [0.25, 0.3) is 0 Å². The molecule has 0 saturated carbocycles. The van der Waals surface area contributed by atoms with Crippen molar-refractivity contribution in [3.8, 4) is 0 Å². The molecule has 0 aliphatic rings. The van der Waals surface area contributed by atoms with Gasteiger partial charge in [0, 0.05) is 19.2 Å². The maximum absolute atomic E-state index is 5.31. The minimum Gasteiger partial charge on any atom is -0.377 e. The molecule has 1 aromatic heterocycles. The van der Waals surface area contributed by atoms with E-state index in [4.69, 9.17) is 10.6 Å². The highest BCUT2D eigenvalue weighted by molar-refractivity contribution is 5.47. The molecule has 1 aromatic rings. The highest BCUT2D eigenvalue weighted by Crippen LogP contribution is 2.11. The molecule has 15 heavy (non-hydrogen) atoms. The second kappa shape index (κ2) is 5.47. The van der Waals surface area contributed by atoms with Gasteiger partial charge in [-0.2, -0.15) is 0 Å². The van der Waals surface area contributed by atoms with Gasteiger partial charge in [0.05, 0.1) is 0 Å². The Kier molecular flexibility index (Phi) is 4.26. The number of nitrogens with zero attached hydrogens (tertiary/aromatic N) is 2. The zero-order valence-corrected chi connectivity index (χ0v) is 9.24. The van der Waals surface area contributed by atoms with Gasteiger partial charge in [-0.15, -0.1) is 0 Å². The first-order chi connectivity index (χ1) is 7.15. The summed E-state index contributed by atoms with van der Waals surface area (Å²) in [4.78, 5) is 8.41. The van der Waals surface area contributed by atoms with E-state index < -0.39 is 0 Å². The number of hydrazine groups is 1. The molecule has 1 rings (SSSR count). The van der Waals surface area contributed by atoms with Crippen LogP contribution in [0.2, 0.25) is 0 Å². The summed E-state index contributed by atoms with van der Waals surface area (Å²) in [7, 11) is 1.60. The minimum atomic E-state index is 0.306. The zero-order chi connectivity index (χ0) is 11.3. The maximum Gasteiger partial charge on any atom is 0.158 e. The Morgan fingerprint density at radius 1 is 1.40 bits per heavy atom. The Bertz CT molecular complexity index is 315. The van der Waals surface area contributed by atoms with E-state index in [-0.39, 0.29) is 0 Å². The fraction of sp³-hybridized carbons (Fsp3) is 0.556. The molecule has 84 valence electrons. The Morgan fingerprint density at radius 3 is 2.60 bits per heavy atom. The average Bonchev–Trinajstić information content (AvgIpc) is 2.16. The monoisotopic (exact) mass is 211 g/mol. The van der Waals surface area contributed by atoms with E-state index in [1.54, 1.807) is 13.2 Å². The van der Waals surface area contributed by atoms with Gasteiger partial charge in [-0.3, -0.25) is 0 Å². The molecule has 0 saturated heterocycles. The molecule has 0 aliphatic heterocycles. The van der Waals surface area contributed by atoms with Crippen LogP contribution >= 0.6 is 0 Å². The number of nitrogens with one attached hydrogen (secondary N) is 2. The fourth-order valence-electron chi connectivity index (χ4n) is 1.13. The highest BCUT2D eigenvalue weighted by Gasteiger charge is 2.04. The maximum atomic E-state index is 5.31. The molecule has 0 radical (unpaired) electrons.